The molecule has 1 fully saturated rings. The van der Waals surface area contributed by atoms with Crippen molar-refractivity contribution in [3.63, 3.8) is 0 Å². The Hall–Kier alpha value is -3.05. The summed E-state index contributed by atoms with van der Waals surface area (Å²) in [5.41, 5.74) is 0.429. The molecule has 3 aromatic heterocycles. The molecular formula is C18H16N4O5S2. The summed E-state index contributed by atoms with van der Waals surface area (Å²) in [5.74, 6) is -1.37. The maximum atomic E-state index is 12.9. The molecule has 1 aliphatic rings. The number of imide groups is 1. The van der Waals surface area contributed by atoms with Gasteiger partial charge in [0.15, 0.2) is 6.10 Å². The Morgan fingerprint density at radius 2 is 2.17 bits per heavy atom. The zero-order valence-corrected chi connectivity index (χ0v) is 16.9. The summed E-state index contributed by atoms with van der Waals surface area (Å²) in [6, 6.07) is 3.30. The molecule has 1 N–H and O–H groups in total. The Balaban J connectivity index is 1.52. The van der Waals surface area contributed by atoms with Crippen LogP contribution in [0.15, 0.2) is 34.0 Å². The largest absolute Gasteiger partial charge is 0.451 e. The maximum Gasteiger partial charge on any atom is 0.326 e. The van der Waals surface area contributed by atoms with E-state index in [9.17, 15) is 19.2 Å². The van der Waals surface area contributed by atoms with Gasteiger partial charge in [0.1, 0.15) is 11.4 Å². The van der Waals surface area contributed by atoms with Crippen LogP contribution in [0.2, 0.25) is 0 Å². The van der Waals surface area contributed by atoms with Crippen molar-refractivity contribution in [3.05, 3.63) is 39.6 Å². The third-order valence-electron chi connectivity index (χ3n) is 4.43. The summed E-state index contributed by atoms with van der Waals surface area (Å²) >= 11 is 2.87. The molecule has 0 aliphatic carbocycles. The van der Waals surface area contributed by atoms with Gasteiger partial charge in [0.25, 0.3) is 11.5 Å². The van der Waals surface area contributed by atoms with Crippen molar-refractivity contribution in [2.45, 2.75) is 19.6 Å². The Bertz CT molecular complexity index is 1150. The van der Waals surface area contributed by atoms with Gasteiger partial charge in [-0.3, -0.25) is 23.9 Å². The van der Waals surface area contributed by atoms with Gasteiger partial charge in [0.2, 0.25) is 0 Å². The highest BCUT2D eigenvalue weighted by Gasteiger charge is 2.31. The Labute approximate surface area is 172 Å². The van der Waals surface area contributed by atoms with Crippen LogP contribution in [0.25, 0.3) is 20.7 Å². The van der Waals surface area contributed by atoms with Crippen LogP contribution >= 0.6 is 22.7 Å². The molecule has 3 amide bonds. The summed E-state index contributed by atoms with van der Waals surface area (Å²) in [7, 11) is 0. The average molecular weight is 432 g/mol. The van der Waals surface area contributed by atoms with Gasteiger partial charge in [0, 0.05) is 28.9 Å². The van der Waals surface area contributed by atoms with Crippen LogP contribution in [0.4, 0.5) is 4.79 Å². The number of ether oxygens (including phenoxy) is 1. The molecule has 0 radical (unpaired) electrons. The Morgan fingerprint density at radius 1 is 1.34 bits per heavy atom. The first kappa shape index (κ1) is 19.3. The summed E-state index contributed by atoms with van der Waals surface area (Å²) in [6.45, 7) is 1.60. The minimum absolute atomic E-state index is 0.225. The summed E-state index contributed by atoms with van der Waals surface area (Å²) in [6.07, 6.45) is 0.155. The van der Waals surface area contributed by atoms with Gasteiger partial charge in [-0.15, -0.1) is 22.7 Å². The molecule has 0 saturated carbocycles. The molecule has 9 nitrogen and oxygen atoms in total. The summed E-state index contributed by atoms with van der Waals surface area (Å²) in [5, 5.41) is 6.75. The van der Waals surface area contributed by atoms with E-state index in [4.69, 9.17) is 4.74 Å². The average Bonchev–Trinajstić information content (AvgIpc) is 3.43. The number of carbonyl (C=O) groups excluding carboxylic acids is 3. The fourth-order valence-corrected chi connectivity index (χ4v) is 4.74. The molecule has 0 spiro atoms. The van der Waals surface area contributed by atoms with Crippen molar-refractivity contribution in [1.29, 1.82) is 0 Å². The van der Waals surface area contributed by atoms with E-state index in [0.717, 1.165) is 19.9 Å². The molecule has 4 heterocycles. The van der Waals surface area contributed by atoms with E-state index in [0.29, 0.717) is 16.8 Å². The van der Waals surface area contributed by atoms with E-state index >= 15 is 0 Å². The molecule has 4 rings (SSSR count). The number of urea groups is 1. The predicted molar refractivity (Wildman–Crippen MR) is 108 cm³/mol. The van der Waals surface area contributed by atoms with E-state index in [1.165, 1.54) is 35.9 Å². The number of aromatic nitrogens is 2. The molecule has 0 bridgehead atoms. The number of hydrogen-bond donors (Lipinski definition) is 1. The zero-order valence-electron chi connectivity index (χ0n) is 15.3. The smallest absolute Gasteiger partial charge is 0.326 e. The van der Waals surface area contributed by atoms with E-state index in [2.05, 4.69) is 10.3 Å². The molecule has 0 aromatic carbocycles. The maximum absolute atomic E-state index is 12.9. The van der Waals surface area contributed by atoms with E-state index in [1.54, 1.807) is 0 Å². The number of thiophene rings is 2. The first-order valence-corrected chi connectivity index (χ1v) is 10.5. The Morgan fingerprint density at radius 3 is 2.86 bits per heavy atom. The lowest BCUT2D eigenvalue weighted by Gasteiger charge is -2.18. The standard InChI is InChI=1S/C18H16N4O5S2/c1-10(16(24)22-5-4-19-18(22)26)27-13(23)7-21-9-20-15-14(17(21)25)11(8-29-15)12-3-2-6-28-12/h2-3,6,8-10H,4-5,7H2,1H3,(H,19,26). The molecule has 150 valence electrons. The lowest BCUT2D eigenvalue weighted by atomic mass is 10.2. The second kappa shape index (κ2) is 7.76. The number of rotatable bonds is 5. The predicted octanol–water partition coefficient (Wildman–Crippen LogP) is 1.67. The third-order valence-corrected chi connectivity index (χ3v) is 6.22. The van der Waals surface area contributed by atoms with Gasteiger partial charge in [0.05, 0.1) is 11.7 Å². The molecule has 1 unspecified atom stereocenters. The Kier molecular flexibility index (Phi) is 5.16. The van der Waals surface area contributed by atoms with Crippen LogP contribution in [0.1, 0.15) is 6.92 Å². The van der Waals surface area contributed by atoms with Gasteiger partial charge in [-0.1, -0.05) is 6.07 Å². The number of carbonyl (C=O) groups is 3. The van der Waals surface area contributed by atoms with Crippen LogP contribution < -0.4 is 10.9 Å². The fraction of sp³-hybridized carbons (Fsp3) is 0.278. The van der Waals surface area contributed by atoms with Crippen molar-refractivity contribution >= 4 is 50.8 Å². The molecule has 3 aromatic rings. The first-order valence-electron chi connectivity index (χ1n) is 8.75. The number of amides is 3. The van der Waals surface area contributed by atoms with E-state index in [-0.39, 0.29) is 18.6 Å². The highest BCUT2D eigenvalue weighted by Crippen LogP contribution is 2.33. The molecule has 11 heteroatoms. The van der Waals surface area contributed by atoms with Gasteiger partial charge in [-0.25, -0.2) is 9.78 Å². The number of esters is 1. The van der Waals surface area contributed by atoms with Crippen LogP contribution in [-0.4, -0.2) is 51.6 Å². The minimum atomic E-state index is -1.14. The first-order chi connectivity index (χ1) is 14.0. The quantitative estimate of drug-likeness (QED) is 0.614. The van der Waals surface area contributed by atoms with Crippen molar-refractivity contribution in [1.82, 2.24) is 19.8 Å². The molecule has 1 aliphatic heterocycles. The highest BCUT2D eigenvalue weighted by atomic mass is 32.1. The lowest BCUT2D eigenvalue weighted by Crippen LogP contribution is -2.42. The molecule has 1 atom stereocenters. The highest BCUT2D eigenvalue weighted by molar-refractivity contribution is 7.18. The number of nitrogens with zero attached hydrogens (tertiary/aromatic N) is 3. The number of hydrogen-bond acceptors (Lipinski definition) is 8. The van der Waals surface area contributed by atoms with Gasteiger partial charge < -0.3 is 10.1 Å². The normalized spacial score (nSPS) is 14.8. The van der Waals surface area contributed by atoms with Crippen LogP contribution in [0, 0.1) is 0 Å². The van der Waals surface area contributed by atoms with Crippen LogP contribution in [0.3, 0.4) is 0 Å². The summed E-state index contributed by atoms with van der Waals surface area (Å²) < 4.78 is 6.30. The molecular weight excluding hydrogens is 416 g/mol. The minimum Gasteiger partial charge on any atom is -0.451 e. The van der Waals surface area contributed by atoms with Crippen molar-refractivity contribution < 1.29 is 19.1 Å². The van der Waals surface area contributed by atoms with Crippen molar-refractivity contribution in [3.8, 4) is 10.4 Å². The zero-order chi connectivity index (χ0) is 20.5. The van der Waals surface area contributed by atoms with Crippen LogP contribution in [0.5, 0.6) is 0 Å². The van der Waals surface area contributed by atoms with Gasteiger partial charge in [-0.05, 0) is 18.4 Å². The number of fused-ring (bicyclic) bond motifs is 1. The van der Waals surface area contributed by atoms with Crippen molar-refractivity contribution in [2.24, 2.45) is 0 Å². The van der Waals surface area contributed by atoms with E-state index in [1.807, 2.05) is 22.9 Å². The monoisotopic (exact) mass is 432 g/mol. The second-order valence-corrected chi connectivity index (χ2v) is 8.14. The second-order valence-electron chi connectivity index (χ2n) is 6.34. The summed E-state index contributed by atoms with van der Waals surface area (Å²) in [4.78, 5) is 55.8. The third kappa shape index (κ3) is 3.66. The molecule has 1 saturated heterocycles. The van der Waals surface area contributed by atoms with Crippen molar-refractivity contribution in [2.75, 3.05) is 13.1 Å². The molecule has 29 heavy (non-hydrogen) atoms. The SMILES string of the molecule is CC(OC(=O)Cn1cnc2scc(-c3cccs3)c2c1=O)C(=O)N1CCNC1=O. The van der Waals surface area contributed by atoms with Gasteiger partial charge in [-0.2, -0.15) is 0 Å². The van der Waals surface area contributed by atoms with Crippen LogP contribution in [-0.2, 0) is 20.9 Å². The fourth-order valence-electron chi connectivity index (χ4n) is 3.02. The van der Waals surface area contributed by atoms with Gasteiger partial charge >= 0.3 is 12.0 Å². The van der Waals surface area contributed by atoms with E-state index < -0.39 is 24.0 Å². The topological polar surface area (TPSA) is 111 Å². The number of nitrogens with one attached hydrogen (secondary N) is 1. The lowest BCUT2D eigenvalue weighted by molar-refractivity contribution is -0.158.